The Kier molecular flexibility index (Phi) is 4.74. The minimum Gasteiger partial charge on any atom is -0.335 e. The van der Waals surface area contributed by atoms with Crippen LogP contribution in [0.25, 0.3) is 10.9 Å². The van der Waals surface area contributed by atoms with Crippen molar-refractivity contribution in [2.75, 3.05) is 6.54 Å². The molecule has 3 rings (SSSR count). The molecule has 2 aromatic rings. The molecule has 1 saturated carbocycles. The molecule has 1 amide bonds. The van der Waals surface area contributed by atoms with Gasteiger partial charge in [0.05, 0.1) is 17.4 Å². The first-order valence-corrected chi connectivity index (χ1v) is 8.45. The number of nitrogens with zero attached hydrogens (tertiary/aromatic N) is 2. The number of hydrogen-bond acceptors (Lipinski definition) is 3. The van der Waals surface area contributed by atoms with Gasteiger partial charge in [-0.15, -0.1) is 0 Å². The zero-order chi connectivity index (χ0) is 16.2. The maximum atomic E-state index is 12.7. The van der Waals surface area contributed by atoms with E-state index in [2.05, 4.69) is 9.97 Å². The summed E-state index contributed by atoms with van der Waals surface area (Å²) in [5.74, 6) is 0.888. The lowest BCUT2D eigenvalue weighted by atomic mass is 9.88. The highest BCUT2D eigenvalue weighted by Crippen LogP contribution is 2.25. The Morgan fingerprint density at radius 2 is 2.00 bits per heavy atom. The average Bonchev–Trinajstić information content (AvgIpc) is 2.60. The second kappa shape index (κ2) is 6.94. The minimum absolute atomic E-state index is 0.135. The van der Waals surface area contributed by atoms with Crippen LogP contribution >= 0.6 is 0 Å². The highest BCUT2D eigenvalue weighted by Gasteiger charge is 2.25. The quantitative estimate of drug-likeness (QED) is 0.944. The van der Waals surface area contributed by atoms with E-state index in [-0.39, 0.29) is 17.4 Å². The van der Waals surface area contributed by atoms with Gasteiger partial charge in [0.15, 0.2) is 0 Å². The Morgan fingerprint density at radius 1 is 1.26 bits per heavy atom. The van der Waals surface area contributed by atoms with Crippen LogP contribution in [0, 0.1) is 5.92 Å². The summed E-state index contributed by atoms with van der Waals surface area (Å²) in [6, 6.07) is 7.27. The highest BCUT2D eigenvalue weighted by molar-refractivity contribution is 5.79. The maximum absolute atomic E-state index is 12.7. The number of nitrogens with one attached hydrogen (secondary N) is 1. The lowest BCUT2D eigenvalue weighted by molar-refractivity contribution is -0.137. The average molecular weight is 313 g/mol. The number of carbonyl (C=O) groups is 1. The molecule has 1 N–H and O–H groups in total. The van der Waals surface area contributed by atoms with Gasteiger partial charge < -0.3 is 9.88 Å². The molecule has 1 fully saturated rings. The highest BCUT2D eigenvalue weighted by atomic mass is 16.2. The van der Waals surface area contributed by atoms with E-state index >= 15 is 0 Å². The molecule has 5 nitrogen and oxygen atoms in total. The summed E-state index contributed by atoms with van der Waals surface area (Å²) in [5, 5.41) is 0.581. The number of hydrogen-bond donors (Lipinski definition) is 1. The number of benzene rings is 1. The Morgan fingerprint density at radius 3 is 2.74 bits per heavy atom. The van der Waals surface area contributed by atoms with Gasteiger partial charge in [-0.3, -0.25) is 9.59 Å². The summed E-state index contributed by atoms with van der Waals surface area (Å²) < 4.78 is 0. The number of fused-ring (bicyclic) bond motifs is 1. The van der Waals surface area contributed by atoms with E-state index in [0.717, 1.165) is 25.7 Å². The van der Waals surface area contributed by atoms with Gasteiger partial charge in [0.1, 0.15) is 5.82 Å². The van der Waals surface area contributed by atoms with Crippen molar-refractivity contribution < 1.29 is 4.79 Å². The van der Waals surface area contributed by atoms with Crippen molar-refractivity contribution in [1.29, 1.82) is 0 Å². The summed E-state index contributed by atoms with van der Waals surface area (Å²) in [6.45, 7) is 2.97. The zero-order valence-corrected chi connectivity index (χ0v) is 13.5. The van der Waals surface area contributed by atoms with Crippen LogP contribution in [0.15, 0.2) is 29.1 Å². The van der Waals surface area contributed by atoms with Crippen LogP contribution in [0.4, 0.5) is 0 Å². The van der Waals surface area contributed by atoms with Crippen molar-refractivity contribution in [3.8, 4) is 0 Å². The van der Waals surface area contributed by atoms with E-state index < -0.39 is 0 Å². The zero-order valence-electron chi connectivity index (χ0n) is 13.5. The number of rotatable bonds is 4. The predicted octanol–water partition coefficient (Wildman–Crippen LogP) is 2.85. The number of carbonyl (C=O) groups excluding carboxylic acids is 1. The summed E-state index contributed by atoms with van der Waals surface area (Å²) >= 11 is 0. The Bertz CT molecular complexity index is 747. The summed E-state index contributed by atoms with van der Waals surface area (Å²) in [7, 11) is 0. The molecule has 0 aliphatic heterocycles. The normalized spacial score (nSPS) is 15.7. The second-order valence-corrected chi connectivity index (χ2v) is 6.22. The molecule has 1 aliphatic rings. The Hall–Kier alpha value is -2.17. The largest absolute Gasteiger partial charge is 0.335 e. The monoisotopic (exact) mass is 313 g/mol. The van der Waals surface area contributed by atoms with Crippen molar-refractivity contribution in [1.82, 2.24) is 14.9 Å². The smallest absolute Gasteiger partial charge is 0.258 e. The number of aromatic nitrogens is 2. The molecule has 23 heavy (non-hydrogen) atoms. The fraction of sp³-hybridized carbons (Fsp3) is 0.500. The summed E-state index contributed by atoms with van der Waals surface area (Å²) in [5.41, 5.74) is 0.527. The first-order valence-electron chi connectivity index (χ1n) is 8.45. The van der Waals surface area contributed by atoms with Crippen LogP contribution in [0.2, 0.25) is 0 Å². The van der Waals surface area contributed by atoms with Crippen molar-refractivity contribution in [2.45, 2.75) is 45.6 Å². The lowest BCUT2D eigenvalue weighted by Crippen LogP contribution is -2.37. The van der Waals surface area contributed by atoms with Crippen molar-refractivity contribution >= 4 is 16.8 Å². The number of para-hydroxylation sites is 1. The molecular weight excluding hydrogens is 290 g/mol. The van der Waals surface area contributed by atoms with Gasteiger partial charge >= 0.3 is 0 Å². The SMILES string of the molecule is CCN(Cc1nc2ccccc2c(=O)[nH]1)C(=O)C1CCCCC1. The first-order chi connectivity index (χ1) is 11.2. The van der Waals surface area contributed by atoms with Crippen molar-refractivity contribution in [3.63, 3.8) is 0 Å². The molecule has 1 heterocycles. The second-order valence-electron chi connectivity index (χ2n) is 6.22. The molecule has 1 aliphatic carbocycles. The molecule has 5 heteroatoms. The topological polar surface area (TPSA) is 66.1 Å². The van der Waals surface area contributed by atoms with Gasteiger partial charge in [0, 0.05) is 12.5 Å². The summed E-state index contributed by atoms with van der Waals surface area (Å²) in [4.78, 5) is 34.0. The van der Waals surface area contributed by atoms with Crippen LogP contribution < -0.4 is 5.56 Å². The molecule has 0 radical (unpaired) electrons. The van der Waals surface area contributed by atoms with Gasteiger partial charge in [-0.05, 0) is 31.9 Å². The third-order valence-corrected chi connectivity index (χ3v) is 4.65. The number of amides is 1. The van der Waals surface area contributed by atoms with E-state index in [1.165, 1.54) is 6.42 Å². The molecule has 122 valence electrons. The van der Waals surface area contributed by atoms with Gasteiger partial charge in [0.25, 0.3) is 5.56 Å². The lowest BCUT2D eigenvalue weighted by Gasteiger charge is -2.28. The Labute approximate surface area is 135 Å². The first kappa shape index (κ1) is 15.7. The molecular formula is C18H23N3O2. The van der Waals surface area contributed by atoms with E-state index in [1.54, 1.807) is 6.07 Å². The van der Waals surface area contributed by atoms with Gasteiger partial charge in [-0.1, -0.05) is 31.4 Å². The van der Waals surface area contributed by atoms with E-state index in [4.69, 9.17) is 0 Å². The van der Waals surface area contributed by atoms with Crippen molar-refractivity contribution in [2.24, 2.45) is 5.92 Å². The van der Waals surface area contributed by atoms with Crippen LogP contribution in [-0.4, -0.2) is 27.3 Å². The molecule has 0 bridgehead atoms. The Balaban J connectivity index is 1.81. The van der Waals surface area contributed by atoms with Crippen LogP contribution in [0.5, 0.6) is 0 Å². The van der Waals surface area contributed by atoms with Crippen LogP contribution in [0.3, 0.4) is 0 Å². The molecule has 0 unspecified atom stereocenters. The van der Waals surface area contributed by atoms with Gasteiger partial charge in [-0.2, -0.15) is 0 Å². The molecule has 1 aromatic heterocycles. The summed E-state index contributed by atoms with van der Waals surface area (Å²) in [6.07, 6.45) is 5.47. The number of H-pyrrole nitrogens is 1. The standard InChI is InChI=1S/C18H23N3O2/c1-2-21(18(23)13-8-4-3-5-9-13)12-16-19-15-11-7-6-10-14(15)17(22)20-16/h6-7,10-11,13H,2-5,8-9,12H2,1H3,(H,19,20,22). The van der Waals surface area contributed by atoms with Gasteiger partial charge in [0.2, 0.25) is 5.91 Å². The third kappa shape index (κ3) is 3.44. The van der Waals surface area contributed by atoms with Crippen LogP contribution in [-0.2, 0) is 11.3 Å². The van der Waals surface area contributed by atoms with E-state index in [0.29, 0.717) is 29.8 Å². The third-order valence-electron chi connectivity index (χ3n) is 4.65. The van der Waals surface area contributed by atoms with E-state index in [9.17, 15) is 9.59 Å². The molecule has 0 spiro atoms. The minimum atomic E-state index is -0.147. The number of aromatic amines is 1. The maximum Gasteiger partial charge on any atom is 0.258 e. The molecule has 1 aromatic carbocycles. The predicted molar refractivity (Wildman–Crippen MR) is 90.0 cm³/mol. The fourth-order valence-electron chi connectivity index (χ4n) is 3.34. The molecule has 0 atom stereocenters. The fourth-order valence-corrected chi connectivity index (χ4v) is 3.34. The molecule has 0 saturated heterocycles. The van der Waals surface area contributed by atoms with Crippen molar-refractivity contribution in [3.05, 3.63) is 40.4 Å². The van der Waals surface area contributed by atoms with E-state index in [1.807, 2.05) is 30.0 Å². The van der Waals surface area contributed by atoms with Gasteiger partial charge in [-0.25, -0.2) is 4.98 Å². The van der Waals surface area contributed by atoms with Crippen LogP contribution in [0.1, 0.15) is 44.9 Å².